The fourth-order valence-corrected chi connectivity index (χ4v) is 2.65. The Morgan fingerprint density at radius 1 is 1.33 bits per heavy atom. The van der Waals surface area contributed by atoms with E-state index >= 15 is 0 Å². The molecule has 0 saturated carbocycles. The summed E-state index contributed by atoms with van der Waals surface area (Å²) in [5.41, 5.74) is 1.84. The molecular formula is C16H22ClN3O. The Morgan fingerprint density at radius 2 is 2.10 bits per heavy atom. The number of pyridine rings is 1. The van der Waals surface area contributed by atoms with Crippen molar-refractivity contribution < 1.29 is 4.74 Å². The van der Waals surface area contributed by atoms with Crippen LogP contribution in [0.1, 0.15) is 13.8 Å². The lowest BCUT2D eigenvalue weighted by atomic mass is 10.1. The van der Waals surface area contributed by atoms with E-state index in [0.717, 1.165) is 42.8 Å². The third kappa shape index (κ3) is 3.57. The van der Waals surface area contributed by atoms with Gasteiger partial charge in [0.2, 0.25) is 0 Å². The van der Waals surface area contributed by atoms with Crippen molar-refractivity contribution in [3.8, 4) is 5.75 Å². The van der Waals surface area contributed by atoms with Gasteiger partial charge < -0.3 is 15.0 Å². The Kier molecular flexibility index (Phi) is 5.65. The highest BCUT2D eigenvalue weighted by Gasteiger charge is 2.12. The number of rotatable bonds is 7. The lowest BCUT2D eigenvalue weighted by molar-refractivity contribution is 0.316. The van der Waals surface area contributed by atoms with Crippen molar-refractivity contribution in [3.63, 3.8) is 0 Å². The van der Waals surface area contributed by atoms with E-state index in [4.69, 9.17) is 16.3 Å². The molecule has 0 spiro atoms. The minimum absolute atomic E-state index is 0.606. The molecule has 0 radical (unpaired) electrons. The molecule has 2 rings (SSSR count). The van der Waals surface area contributed by atoms with Crippen LogP contribution >= 0.6 is 11.6 Å². The molecule has 0 atom stereocenters. The van der Waals surface area contributed by atoms with E-state index in [1.165, 1.54) is 0 Å². The highest BCUT2D eigenvalue weighted by Crippen LogP contribution is 2.36. The molecule has 0 aliphatic carbocycles. The highest BCUT2D eigenvalue weighted by atomic mass is 35.5. The third-order valence-corrected chi connectivity index (χ3v) is 4.04. The summed E-state index contributed by atoms with van der Waals surface area (Å²) >= 11 is 6.34. The van der Waals surface area contributed by atoms with Crippen LogP contribution in [0.3, 0.4) is 0 Å². The maximum Gasteiger partial charge on any atom is 0.140 e. The number of likely N-dealkylation sites (N-methyl/N-ethyl adjacent to an activating group) is 1. The number of ether oxygens (including phenoxy) is 1. The topological polar surface area (TPSA) is 37.4 Å². The van der Waals surface area contributed by atoms with Crippen molar-refractivity contribution >= 4 is 28.2 Å². The Morgan fingerprint density at radius 3 is 2.76 bits per heavy atom. The fraction of sp³-hybridized carbons (Fsp3) is 0.438. The minimum atomic E-state index is 0.606. The second-order valence-corrected chi connectivity index (χ2v) is 5.17. The molecular weight excluding hydrogens is 286 g/mol. The molecule has 0 amide bonds. The molecule has 1 heterocycles. The Bertz CT molecular complexity index is 599. The zero-order valence-corrected chi connectivity index (χ0v) is 13.6. The summed E-state index contributed by atoms with van der Waals surface area (Å²) < 4.78 is 5.35. The van der Waals surface area contributed by atoms with Gasteiger partial charge >= 0.3 is 0 Å². The van der Waals surface area contributed by atoms with Crippen molar-refractivity contribution in [2.45, 2.75) is 13.8 Å². The van der Waals surface area contributed by atoms with E-state index in [1.54, 1.807) is 13.3 Å². The summed E-state index contributed by atoms with van der Waals surface area (Å²) in [7, 11) is 1.63. The average molecular weight is 308 g/mol. The SMILES string of the molecule is CCN(CC)CCNc1cc(OC)c(Cl)c2cccnc12. The number of hydrogen-bond donors (Lipinski definition) is 1. The molecule has 5 heteroatoms. The lowest BCUT2D eigenvalue weighted by Crippen LogP contribution is -2.28. The number of hydrogen-bond acceptors (Lipinski definition) is 4. The van der Waals surface area contributed by atoms with E-state index in [2.05, 4.69) is 29.0 Å². The summed E-state index contributed by atoms with van der Waals surface area (Å²) in [5.74, 6) is 0.669. The average Bonchev–Trinajstić information content (AvgIpc) is 2.53. The quantitative estimate of drug-likeness (QED) is 0.847. The van der Waals surface area contributed by atoms with Crippen molar-refractivity contribution in [2.75, 3.05) is 38.6 Å². The van der Waals surface area contributed by atoms with Crippen molar-refractivity contribution in [1.29, 1.82) is 0 Å². The van der Waals surface area contributed by atoms with Gasteiger partial charge in [-0.15, -0.1) is 0 Å². The van der Waals surface area contributed by atoms with Gasteiger partial charge in [-0.2, -0.15) is 0 Å². The van der Waals surface area contributed by atoms with Crippen LogP contribution in [0.4, 0.5) is 5.69 Å². The first-order chi connectivity index (χ1) is 10.2. The number of fused-ring (bicyclic) bond motifs is 1. The van der Waals surface area contributed by atoms with Gasteiger partial charge in [-0.25, -0.2) is 0 Å². The van der Waals surface area contributed by atoms with Crippen LogP contribution in [0.25, 0.3) is 10.9 Å². The molecule has 0 aliphatic rings. The number of halogens is 1. The van der Waals surface area contributed by atoms with E-state index in [-0.39, 0.29) is 0 Å². The summed E-state index contributed by atoms with van der Waals surface area (Å²) in [4.78, 5) is 6.81. The Balaban J connectivity index is 2.24. The Labute approximate surface area is 131 Å². The van der Waals surface area contributed by atoms with Gasteiger partial charge in [0.25, 0.3) is 0 Å². The van der Waals surface area contributed by atoms with Crippen LogP contribution in [0, 0.1) is 0 Å². The molecule has 0 fully saturated rings. The lowest BCUT2D eigenvalue weighted by Gasteiger charge is -2.19. The fourth-order valence-electron chi connectivity index (χ4n) is 2.36. The number of aromatic nitrogens is 1. The van der Waals surface area contributed by atoms with Gasteiger partial charge in [0.05, 0.1) is 23.3 Å². The smallest absolute Gasteiger partial charge is 0.140 e. The van der Waals surface area contributed by atoms with Crippen LogP contribution in [0.15, 0.2) is 24.4 Å². The largest absolute Gasteiger partial charge is 0.495 e. The molecule has 0 saturated heterocycles. The van der Waals surface area contributed by atoms with E-state index in [9.17, 15) is 0 Å². The monoisotopic (exact) mass is 307 g/mol. The predicted octanol–water partition coefficient (Wildman–Crippen LogP) is 3.65. The second-order valence-electron chi connectivity index (χ2n) is 4.79. The van der Waals surface area contributed by atoms with E-state index in [0.29, 0.717) is 10.8 Å². The first-order valence-electron chi connectivity index (χ1n) is 7.28. The predicted molar refractivity (Wildman–Crippen MR) is 89.6 cm³/mol. The molecule has 114 valence electrons. The molecule has 0 unspecified atom stereocenters. The molecule has 1 aromatic carbocycles. The third-order valence-electron chi connectivity index (χ3n) is 3.65. The van der Waals surface area contributed by atoms with Gasteiger partial charge in [0, 0.05) is 30.7 Å². The zero-order valence-electron chi connectivity index (χ0n) is 12.8. The van der Waals surface area contributed by atoms with Gasteiger partial charge in [0.15, 0.2) is 0 Å². The first-order valence-corrected chi connectivity index (χ1v) is 7.66. The van der Waals surface area contributed by atoms with Crippen molar-refractivity contribution in [3.05, 3.63) is 29.4 Å². The van der Waals surface area contributed by atoms with Crippen molar-refractivity contribution in [1.82, 2.24) is 9.88 Å². The van der Waals surface area contributed by atoms with Gasteiger partial charge in [-0.1, -0.05) is 25.4 Å². The molecule has 2 aromatic rings. The normalized spacial score (nSPS) is 11.1. The second kappa shape index (κ2) is 7.48. The standard InChI is InChI=1S/C16H22ClN3O/c1-4-20(5-2)10-9-18-13-11-14(21-3)15(17)12-7-6-8-19-16(12)13/h6-8,11,18H,4-5,9-10H2,1-3H3. The molecule has 21 heavy (non-hydrogen) atoms. The molecule has 0 bridgehead atoms. The first kappa shape index (κ1) is 15.9. The molecule has 0 aliphatic heterocycles. The molecule has 1 aromatic heterocycles. The summed E-state index contributed by atoms with van der Waals surface area (Å²) in [5, 5.41) is 4.96. The molecule has 1 N–H and O–H groups in total. The number of nitrogens with zero attached hydrogens (tertiary/aromatic N) is 2. The van der Waals surface area contributed by atoms with Crippen LogP contribution in [0.5, 0.6) is 5.75 Å². The van der Waals surface area contributed by atoms with Gasteiger partial charge in [-0.3, -0.25) is 4.98 Å². The van der Waals surface area contributed by atoms with Crippen LogP contribution < -0.4 is 10.1 Å². The summed E-state index contributed by atoms with van der Waals surface area (Å²) in [6.07, 6.45) is 1.78. The van der Waals surface area contributed by atoms with E-state index < -0.39 is 0 Å². The number of benzene rings is 1. The van der Waals surface area contributed by atoms with Crippen molar-refractivity contribution in [2.24, 2.45) is 0 Å². The summed E-state index contributed by atoms with van der Waals surface area (Å²) in [6, 6.07) is 5.76. The van der Waals surface area contributed by atoms with Gasteiger partial charge in [-0.05, 0) is 25.2 Å². The van der Waals surface area contributed by atoms with Gasteiger partial charge in [0.1, 0.15) is 5.75 Å². The van der Waals surface area contributed by atoms with E-state index in [1.807, 2.05) is 18.2 Å². The number of anilines is 1. The summed E-state index contributed by atoms with van der Waals surface area (Å²) in [6.45, 7) is 8.31. The Hall–Kier alpha value is -1.52. The zero-order chi connectivity index (χ0) is 15.2. The maximum absolute atomic E-state index is 6.34. The highest BCUT2D eigenvalue weighted by molar-refractivity contribution is 6.37. The van der Waals surface area contributed by atoms with Crippen LogP contribution in [-0.4, -0.2) is 43.2 Å². The maximum atomic E-state index is 6.34. The minimum Gasteiger partial charge on any atom is -0.495 e. The number of methoxy groups -OCH3 is 1. The number of nitrogens with one attached hydrogen (secondary N) is 1. The van der Waals surface area contributed by atoms with Crippen LogP contribution in [0.2, 0.25) is 5.02 Å². The molecule has 4 nitrogen and oxygen atoms in total. The van der Waals surface area contributed by atoms with Crippen LogP contribution in [-0.2, 0) is 0 Å².